The number of benzene rings is 1. The molecule has 104 valence electrons. The van der Waals surface area contributed by atoms with Crippen molar-refractivity contribution in [1.29, 1.82) is 0 Å². The molecule has 2 heteroatoms. The Hall–Kier alpha value is -2.09. The number of para-hydroxylation sites is 1. The van der Waals surface area contributed by atoms with Crippen LogP contribution in [-0.4, -0.2) is 12.5 Å². The topological polar surface area (TPSA) is 20.3 Å². The van der Waals surface area contributed by atoms with Gasteiger partial charge in [-0.05, 0) is 38.3 Å². The molecule has 1 aromatic rings. The van der Waals surface area contributed by atoms with Gasteiger partial charge in [0, 0.05) is 17.8 Å². The van der Waals surface area contributed by atoms with E-state index < -0.39 is 0 Å². The van der Waals surface area contributed by atoms with Crippen molar-refractivity contribution in [1.82, 2.24) is 0 Å². The summed E-state index contributed by atoms with van der Waals surface area (Å²) in [4.78, 5) is 14.6. The minimum Gasteiger partial charge on any atom is -0.308 e. The van der Waals surface area contributed by atoms with Crippen LogP contribution >= 0.6 is 0 Å². The lowest BCUT2D eigenvalue weighted by Crippen LogP contribution is -2.33. The smallest absolute Gasteiger partial charge is 0.254 e. The van der Waals surface area contributed by atoms with Crippen molar-refractivity contribution in [2.24, 2.45) is 0 Å². The van der Waals surface area contributed by atoms with Crippen molar-refractivity contribution < 1.29 is 4.79 Å². The molecule has 0 aliphatic heterocycles. The monoisotopic (exact) mass is 267 g/mol. The second kappa shape index (κ2) is 7.49. The van der Waals surface area contributed by atoms with E-state index >= 15 is 0 Å². The van der Waals surface area contributed by atoms with Gasteiger partial charge in [-0.2, -0.15) is 0 Å². The molecular weight excluding hydrogens is 246 g/mol. The van der Waals surface area contributed by atoms with Gasteiger partial charge >= 0.3 is 0 Å². The number of nitrogens with zero attached hydrogens (tertiary/aromatic N) is 1. The van der Waals surface area contributed by atoms with Gasteiger partial charge in [0.05, 0.1) is 0 Å². The van der Waals surface area contributed by atoms with Gasteiger partial charge in [-0.1, -0.05) is 48.6 Å². The maximum Gasteiger partial charge on any atom is 0.254 e. The molecule has 0 saturated carbocycles. The average Bonchev–Trinajstić information content (AvgIpc) is 2.53. The Kier molecular flexibility index (Phi) is 5.36. The Morgan fingerprint density at radius 3 is 2.75 bits per heavy atom. The molecule has 0 saturated heterocycles. The second-order valence-electron chi connectivity index (χ2n) is 4.81. The zero-order valence-electron chi connectivity index (χ0n) is 12.0. The Morgan fingerprint density at radius 2 is 2.10 bits per heavy atom. The molecule has 0 fully saturated rings. The highest BCUT2D eigenvalue weighted by Gasteiger charge is 2.19. The number of carbonyl (C=O) groups is 1. The van der Waals surface area contributed by atoms with E-state index in [0.29, 0.717) is 6.54 Å². The summed E-state index contributed by atoms with van der Waals surface area (Å²) in [5.74, 6) is 0.130. The first-order valence-electron chi connectivity index (χ1n) is 7.16. The molecule has 1 amide bonds. The number of hydrogen-bond acceptors (Lipinski definition) is 1. The predicted molar refractivity (Wildman–Crippen MR) is 84.7 cm³/mol. The maximum atomic E-state index is 12.7. The lowest BCUT2D eigenvalue weighted by atomic mass is 10.0. The second-order valence-corrected chi connectivity index (χ2v) is 4.81. The fourth-order valence-corrected chi connectivity index (χ4v) is 2.28. The predicted octanol–water partition coefficient (Wildman–Crippen LogP) is 4.26. The Balaban J connectivity index is 2.19. The van der Waals surface area contributed by atoms with Crippen LogP contribution in [0.3, 0.4) is 0 Å². The molecule has 0 aromatic heterocycles. The fraction of sp³-hybridized carbons (Fsp3) is 0.278. The zero-order chi connectivity index (χ0) is 14.2. The molecule has 0 atom stereocenters. The van der Waals surface area contributed by atoms with Crippen molar-refractivity contribution in [3.8, 4) is 0 Å². The van der Waals surface area contributed by atoms with Crippen LogP contribution in [0.1, 0.15) is 26.2 Å². The van der Waals surface area contributed by atoms with Crippen LogP contribution < -0.4 is 4.90 Å². The van der Waals surface area contributed by atoms with Gasteiger partial charge in [0.15, 0.2) is 0 Å². The maximum absolute atomic E-state index is 12.7. The molecule has 1 aliphatic carbocycles. The van der Waals surface area contributed by atoms with E-state index in [4.69, 9.17) is 0 Å². The Morgan fingerprint density at radius 1 is 1.30 bits per heavy atom. The van der Waals surface area contributed by atoms with Crippen molar-refractivity contribution in [3.63, 3.8) is 0 Å². The molecule has 0 radical (unpaired) electrons. The van der Waals surface area contributed by atoms with Gasteiger partial charge < -0.3 is 4.90 Å². The lowest BCUT2D eigenvalue weighted by molar-refractivity contribution is -0.115. The number of carbonyl (C=O) groups excluding carboxylic acids is 1. The number of anilines is 1. The minimum absolute atomic E-state index is 0.130. The van der Waals surface area contributed by atoms with Gasteiger partial charge in [-0.3, -0.25) is 4.79 Å². The van der Waals surface area contributed by atoms with Crippen molar-refractivity contribution in [2.75, 3.05) is 11.4 Å². The van der Waals surface area contributed by atoms with Crippen molar-refractivity contribution in [2.45, 2.75) is 26.2 Å². The van der Waals surface area contributed by atoms with Crippen molar-refractivity contribution >= 4 is 11.6 Å². The third-order valence-electron chi connectivity index (χ3n) is 3.36. The molecule has 0 bridgehead atoms. The minimum atomic E-state index is 0.130. The first-order valence-corrected chi connectivity index (χ1v) is 7.16. The average molecular weight is 267 g/mol. The van der Waals surface area contributed by atoms with Gasteiger partial charge in [0.2, 0.25) is 0 Å². The normalized spacial score (nSPS) is 14.3. The molecule has 0 unspecified atom stereocenters. The standard InChI is InChI=1S/C18H21NO/c1-2-3-10-15-19(17-13-8-5-9-14-17)18(20)16-11-6-4-7-12-16/h2-6,8-9,11,13-14H,7,10,12,15H2,1H3/b3-2+. The third kappa shape index (κ3) is 3.70. The zero-order valence-corrected chi connectivity index (χ0v) is 12.0. The van der Waals surface area contributed by atoms with Gasteiger partial charge in [-0.25, -0.2) is 0 Å². The summed E-state index contributed by atoms with van der Waals surface area (Å²) < 4.78 is 0. The first-order chi connectivity index (χ1) is 9.83. The SMILES string of the molecule is C/C=C/CCN(C(=O)C1=CC=CCC1)c1ccccc1. The summed E-state index contributed by atoms with van der Waals surface area (Å²) in [6.07, 6.45) is 12.8. The molecule has 1 aliphatic rings. The van der Waals surface area contributed by atoms with Gasteiger partial charge in [-0.15, -0.1) is 0 Å². The van der Waals surface area contributed by atoms with E-state index in [9.17, 15) is 4.79 Å². The summed E-state index contributed by atoms with van der Waals surface area (Å²) in [6.45, 7) is 2.72. The lowest BCUT2D eigenvalue weighted by Gasteiger charge is -2.24. The number of amides is 1. The van der Waals surface area contributed by atoms with E-state index in [2.05, 4.69) is 12.2 Å². The molecule has 20 heavy (non-hydrogen) atoms. The van der Waals surface area contributed by atoms with E-state index in [1.54, 1.807) is 0 Å². The number of hydrogen-bond donors (Lipinski definition) is 0. The van der Waals surface area contributed by atoms with Crippen LogP contribution in [-0.2, 0) is 4.79 Å². The molecule has 0 spiro atoms. The highest BCUT2D eigenvalue weighted by molar-refractivity contribution is 6.05. The van der Waals surface area contributed by atoms with Crippen LogP contribution in [0.5, 0.6) is 0 Å². The highest BCUT2D eigenvalue weighted by Crippen LogP contribution is 2.20. The molecule has 1 aromatic carbocycles. The largest absolute Gasteiger partial charge is 0.308 e. The molecule has 2 rings (SSSR count). The summed E-state index contributed by atoms with van der Waals surface area (Å²) in [6, 6.07) is 9.90. The summed E-state index contributed by atoms with van der Waals surface area (Å²) in [5, 5.41) is 0. The molecule has 0 heterocycles. The van der Waals surface area contributed by atoms with E-state index in [1.807, 2.05) is 60.4 Å². The number of allylic oxidation sites excluding steroid dienone is 4. The van der Waals surface area contributed by atoms with Gasteiger partial charge in [0.1, 0.15) is 0 Å². The van der Waals surface area contributed by atoms with Crippen LogP contribution in [0.2, 0.25) is 0 Å². The Labute approximate surface area is 121 Å². The van der Waals surface area contributed by atoms with E-state index in [1.165, 1.54) is 0 Å². The quantitative estimate of drug-likeness (QED) is 0.730. The van der Waals surface area contributed by atoms with E-state index in [0.717, 1.165) is 30.5 Å². The molecule has 2 nitrogen and oxygen atoms in total. The summed E-state index contributed by atoms with van der Waals surface area (Å²) in [7, 11) is 0. The Bertz CT molecular complexity index is 526. The van der Waals surface area contributed by atoms with Crippen LogP contribution in [0.4, 0.5) is 5.69 Å². The highest BCUT2D eigenvalue weighted by atomic mass is 16.2. The molecule has 0 N–H and O–H groups in total. The number of rotatable bonds is 5. The van der Waals surface area contributed by atoms with Crippen LogP contribution in [0, 0.1) is 0 Å². The van der Waals surface area contributed by atoms with Gasteiger partial charge in [0.25, 0.3) is 5.91 Å². The first kappa shape index (κ1) is 14.3. The van der Waals surface area contributed by atoms with Crippen molar-refractivity contribution in [3.05, 3.63) is 66.3 Å². The van der Waals surface area contributed by atoms with Crippen LogP contribution in [0.25, 0.3) is 0 Å². The third-order valence-corrected chi connectivity index (χ3v) is 3.36. The summed E-state index contributed by atoms with van der Waals surface area (Å²) >= 11 is 0. The van der Waals surface area contributed by atoms with Crippen LogP contribution in [0.15, 0.2) is 66.3 Å². The fourth-order valence-electron chi connectivity index (χ4n) is 2.28. The summed E-state index contributed by atoms with van der Waals surface area (Å²) in [5.41, 5.74) is 1.87. The molecular formula is C18H21NO. The van der Waals surface area contributed by atoms with E-state index in [-0.39, 0.29) is 5.91 Å².